The largest absolute Gasteiger partial charge is 0.446 e. The summed E-state index contributed by atoms with van der Waals surface area (Å²) in [6.07, 6.45) is 0. The Morgan fingerprint density at radius 1 is 1.36 bits per heavy atom. The van der Waals surface area contributed by atoms with E-state index in [2.05, 4.69) is 15.9 Å². The Labute approximate surface area is 91.0 Å². The smallest absolute Gasteiger partial charge is 0.192 e. The van der Waals surface area contributed by atoms with E-state index < -0.39 is 5.51 Å². The quantitative estimate of drug-likeness (QED) is 0.728. The first-order valence-electron chi connectivity index (χ1n) is 3.38. The van der Waals surface area contributed by atoms with Crippen LogP contribution in [0.1, 0.15) is 5.56 Å². The first-order valence-corrected chi connectivity index (χ1v) is 4.99. The van der Waals surface area contributed by atoms with Gasteiger partial charge in [-0.25, -0.2) is 0 Å². The second-order valence-electron chi connectivity index (χ2n) is 2.30. The highest BCUT2D eigenvalue weighted by atomic mass is 79.9. The lowest BCUT2D eigenvalue weighted by molar-refractivity contribution is -0.0328. The number of halogens is 4. The molecule has 6 heteroatoms. The second-order valence-corrected chi connectivity index (χ2v) is 4.29. The maximum atomic E-state index is 11.9. The van der Waals surface area contributed by atoms with E-state index in [1.165, 1.54) is 18.2 Å². The summed E-state index contributed by atoms with van der Waals surface area (Å²) in [4.78, 5) is 0.0113. The van der Waals surface area contributed by atoms with E-state index in [0.717, 1.165) is 0 Å². The summed E-state index contributed by atoms with van der Waals surface area (Å²) < 4.78 is 36.3. The molecule has 74 valence electrons. The van der Waals surface area contributed by atoms with Crippen LogP contribution >= 0.6 is 27.7 Å². The van der Waals surface area contributed by atoms with Gasteiger partial charge in [0.1, 0.15) is 6.07 Å². The average molecular weight is 282 g/mol. The molecule has 0 heterocycles. The molecule has 0 aromatic heterocycles. The molecule has 0 aliphatic heterocycles. The lowest BCUT2D eigenvalue weighted by Crippen LogP contribution is -1.99. The van der Waals surface area contributed by atoms with Crippen LogP contribution in [0.25, 0.3) is 0 Å². The Morgan fingerprint density at radius 3 is 2.50 bits per heavy atom. The zero-order valence-corrected chi connectivity index (χ0v) is 9.00. The van der Waals surface area contributed by atoms with E-state index in [0.29, 0.717) is 4.47 Å². The maximum absolute atomic E-state index is 11.9. The fourth-order valence-corrected chi connectivity index (χ4v) is 1.70. The molecule has 0 bridgehead atoms. The molecule has 0 radical (unpaired) electrons. The molecular formula is C8H3BrF3NS. The SMILES string of the molecule is N#Cc1cc(SC(F)(F)F)ccc1Br. The van der Waals surface area contributed by atoms with Gasteiger partial charge in [0.15, 0.2) is 0 Å². The van der Waals surface area contributed by atoms with E-state index in [9.17, 15) is 13.2 Å². The van der Waals surface area contributed by atoms with Gasteiger partial charge < -0.3 is 0 Å². The number of benzene rings is 1. The van der Waals surface area contributed by atoms with Gasteiger partial charge >= 0.3 is 5.51 Å². The normalized spacial score (nSPS) is 11.1. The van der Waals surface area contributed by atoms with Crippen molar-refractivity contribution in [2.75, 3.05) is 0 Å². The summed E-state index contributed by atoms with van der Waals surface area (Å²) in [6.45, 7) is 0. The maximum Gasteiger partial charge on any atom is 0.446 e. The lowest BCUT2D eigenvalue weighted by Gasteiger charge is -2.05. The first-order chi connectivity index (χ1) is 6.42. The Bertz CT molecular complexity index is 383. The molecule has 0 aliphatic rings. The highest BCUT2D eigenvalue weighted by molar-refractivity contribution is 9.10. The standard InChI is InChI=1S/C8H3BrF3NS/c9-7-2-1-6(3-5(7)4-13)14-8(10,11)12/h1-3H. The van der Waals surface area contributed by atoms with E-state index in [1.807, 2.05) is 0 Å². The van der Waals surface area contributed by atoms with Crippen LogP contribution in [0, 0.1) is 11.3 Å². The molecule has 14 heavy (non-hydrogen) atoms. The molecule has 0 N–H and O–H groups in total. The Hall–Kier alpha value is -0.670. The minimum absolute atomic E-state index is 0.0113. The molecule has 0 saturated heterocycles. The van der Waals surface area contributed by atoms with Crippen molar-refractivity contribution in [1.82, 2.24) is 0 Å². The van der Waals surface area contributed by atoms with Gasteiger partial charge in [0, 0.05) is 9.37 Å². The van der Waals surface area contributed by atoms with Crippen molar-refractivity contribution >= 4 is 27.7 Å². The van der Waals surface area contributed by atoms with Gasteiger partial charge in [-0.2, -0.15) is 18.4 Å². The van der Waals surface area contributed by atoms with Gasteiger partial charge in [0.25, 0.3) is 0 Å². The molecule has 0 spiro atoms. The van der Waals surface area contributed by atoms with Crippen LogP contribution in [-0.4, -0.2) is 5.51 Å². The minimum atomic E-state index is -4.32. The molecule has 0 saturated carbocycles. The number of thioether (sulfide) groups is 1. The zero-order chi connectivity index (χ0) is 10.8. The monoisotopic (exact) mass is 281 g/mol. The second kappa shape index (κ2) is 4.24. The summed E-state index contributed by atoms with van der Waals surface area (Å²) in [7, 11) is 0. The molecule has 0 fully saturated rings. The summed E-state index contributed by atoms with van der Waals surface area (Å²) in [6, 6.07) is 5.72. The van der Waals surface area contributed by atoms with Crippen molar-refractivity contribution in [3.05, 3.63) is 28.2 Å². The third-order valence-corrected chi connectivity index (χ3v) is 2.70. The Kier molecular flexibility index (Phi) is 3.45. The van der Waals surface area contributed by atoms with Gasteiger partial charge in [-0.3, -0.25) is 0 Å². The molecule has 1 aromatic carbocycles. The van der Waals surface area contributed by atoms with Crippen LogP contribution in [-0.2, 0) is 0 Å². The molecule has 0 aliphatic carbocycles. The van der Waals surface area contributed by atoms with Crippen LogP contribution < -0.4 is 0 Å². The number of rotatable bonds is 1. The van der Waals surface area contributed by atoms with Crippen LogP contribution in [0.2, 0.25) is 0 Å². The highest BCUT2D eigenvalue weighted by Crippen LogP contribution is 2.37. The molecule has 1 nitrogen and oxygen atoms in total. The van der Waals surface area contributed by atoms with Crippen molar-refractivity contribution in [2.24, 2.45) is 0 Å². The molecule has 0 amide bonds. The van der Waals surface area contributed by atoms with E-state index in [-0.39, 0.29) is 22.2 Å². The van der Waals surface area contributed by atoms with Crippen LogP contribution in [0.5, 0.6) is 0 Å². The number of alkyl halides is 3. The van der Waals surface area contributed by atoms with Crippen molar-refractivity contribution in [3.8, 4) is 6.07 Å². The minimum Gasteiger partial charge on any atom is -0.192 e. The first kappa shape index (κ1) is 11.4. The molecule has 0 unspecified atom stereocenters. The van der Waals surface area contributed by atoms with Crippen LogP contribution in [0.4, 0.5) is 13.2 Å². The Morgan fingerprint density at radius 2 is 2.00 bits per heavy atom. The number of hydrogen-bond donors (Lipinski definition) is 0. The Balaban J connectivity index is 2.97. The number of hydrogen-bond acceptors (Lipinski definition) is 2. The van der Waals surface area contributed by atoms with E-state index in [4.69, 9.17) is 5.26 Å². The third kappa shape index (κ3) is 3.24. The van der Waals surface area contributed by atoms with Gasteiger partial charge in [0.2, 0.25) is 0 Å². The predicted molar refractivity (Wildman–Crippen MR) is 50.8 cm³/mol. The summed E-state index contributed by atoms with van der Waals surface area (Å²) in [5.41, 5.74) is -4.13. The fourth-order valence-electron chi connectivity index (χ4n) is 0.787. The van der Waals surface area contributed by atoms with Gasteiger partial charge in [-0.05, 0) is 45.9 Å². The summed E-state index contributed by atoms with van der Waals surface area (Å²) in [5, 5.41) is 8.57. The van der Waals surface area contributed by atoms with Crippen molar-refractivity contribution in [2.45, 2.75) is 10.4 Å². The molecule has 1 rings (SSSR count). The van der Waals surface area contributed by atoms with Gasteiger partial charge in [0.05, 0.1) is 5.56 Å². The average Bonchev–Trinajstić information content (AvgIpc) is 2.06. The number of nitriles is 1. The third-order valence-electron chi connectivity index (χ3n) is 1.29. The molecule has 0 atom stereocenters. The zero-order valence-electron chi connectivity index (χ0n) is 6.60. The van der Waals surface area contributed by atoms with Crippen LogP contribution in [0.15, 0.2) is 27.6 Å². The summed E-state index contributed by atoms with van der Waals surface area (Å²) >= 11 is 2.82. The molecular weight excluding hydrogens is 279 g/mol. The topological polar surface area (TPSA) is 23.8 Å². The van der Waals surface area contributed by atoms with Gasteiger partial charge in [-0.1, -0.05) is 0 Å². The van der Waals surface area contributed by atoms with Crippen molar-refractivity contribution in [1.29, 1.82) is 5.26 Å². The lowest BCUT2D eigenvalue weighted by atomic mass is 10.2. The van der Waals surface area contributed by atoms with E-state index in [1.54, 1.807) is 6.07 Å². The number of nitrogens with zero attached hydrogens (tertiary/aromatic N) is 1. The van der Waals surface area contributed by atoms with Crippen molar-refractivity contribution < 1.29 is 13.2 Å². The van der Waals surface area contributed by atoms with E-state index >= 15 is 0 Å². The van der Waals surface area contributed by atoms with Crippen molar-refractivity contribution in [3.63, 3.8) is 0 Å². The highest BCUT2D eigenvalue weighted by Gasteiger charge is 2.29. The van der Waals surface area contributed by atoms with Gasteiger partial charge in [-0.15, -0.1) is 0 Å². The summed E-state index contributed by atoms with van der Waals surface area (Å²) in [5.74, 6) is 0. The fraction of sp³-hybridized carbons (Fsp3) is 0.125. The predicted octanol–water partition coefficient (Wildman–Crippen LogP) is 3.93. The molecule has 1 aromatic rings. The van der Waals surface area contributed by atoms with Crippen LogP contribution in [0.3, 0.4) is 0 Å².